The lowest BCUT2D eigenvalue weighted by atomic mass is 10.1. The highest BCUT2D eigenvalue weighted by molar-refractivity contribution is 5.85. The van der Waals surface area contributed by atoms with Crippen molar-refractivity contribution in [1.29, 1.82) is 0 Å². The highest BCUT2D eigenvalue weighted by atomic mass is 35.5. The molecule has 0 radical (unpaired) electrons. The molecule has 1 rings (SSSR count). The van der Waals surface area contributed by atoms with E-state index in [4.69, 9.17) is 21.1 Å². The average molecular weight is 242 g/mol. The van der Waals surface area contributed by atoms with E-state index in [0.717, 1.165) is 12.1 Å². The summed E-state index contributed by atoms with van der Waals surface area (Å²) in [5, 5.41) is 27.2. The second-order valence-electron chi connectivity index (χ2n) is 2.76. The molecular formula is C8H10ClF2NO3. The summed E-state index contributed by atoms with van der Waals surface area (Å²) < 4.78 is 24.3. The van der Waals surface area contributed by atoms with Crippen LogP contribution in [-0.2, 0) is 0 Å². The predicted molar refractivity (Wildman–Crippen MR) is 51.6 cm³/mol. The Morgan fingerprint density at radius 2 is 1.47 bits per heavy atom. The van der Waals surface area contributed by atoms with Gasteiger partial charge in [0.2, 0.25) is 0 Å². The number of alkyl halides is 2. The third kappa shape index (κ3) is 2.84. The second kappa shape index (κ2) is 4.99. The zero-order valence-electron chi connectivity index (χ0n) is 7.39. The maximum absolute atomic E-state index is 12.2. The minimum absolute atomic E-state index is 0. The van der Waals surface area contributed by atoms with E-state index in [9.17, 15) is 8.78 Å². The summed E-state index contributed by atoms with van der Waals surface area (Å²) >= 11 is 0. The Morgan fingerprint density at radius 1 is 1.07 bits per heavy atom. The van der Waals surface area contributed by atoms with Crippen molar-refractivity contribution in [2.75, 3.05) is 0 Å². The molecule has 0 heterocycles. The average Bonchev–Trinajstić information content (AvgIpc) is 2.01. The largest absolute Gasteiger partial charge is 0.508 e. The maximum atomic E-state index is 12.2. The summed E-state index contributed by atoms with van der Waals surface area (Å²) in [5.74, 6) is -1.74. The van der Waals surface area contributed by atoms with Crippen LogP contribution < -0.4 is 5.73 Å². The van der Waals surface area contributed by atoms with Crippen molar-refractivity contribution in [3.05, 3.63) is 17.7 Å². The van der Waals surface area contributed by atoms with E-state index in [1.165, 1.54) is 0 Å². The molecule has 0 unspecified atom stereocenters. The van der Waals surface area contributed by atoms with E-state index in [2.05, 4.69) is 0 Å². The van der Waals surface area contributed by atoms with Crippen molar-refractivity contribution in [3.8, 4) is 17.2 Å². The molecular weight excluding hydrogens is 232 g/mol. The molecule has 0 fully saturated rings. The molecule has 1 atom stereocenters. The Morgan fingerprint density at radius 3 is 1.80 bits per heavy atom. The minimum Gasteiger partial charge on any atom is -0.508 e. The standard InChI is InChI=1S/C8H9F2NO3.ClH/c9-8(10)7(11)6-4(13)1-3(12)2-5(6)14;/h1-2,7-8,12-14H,11H2;1H/t7-;/m0./s1. The zero-order chi connectivity index (χ0) is 10.9. The molecule has 4 nitrogen and oxygen atoms in total. The van der Waals surface area contributed by atoms with E-state index < -0.39 is 35.3 Å². The van der Waals surface area contributed by atoms with Gasteiger partial charge in [0.15, 0.2) is 0 Å². The maximum Gasteiger partial charge on any atom is 0.257 e. The van der Waals surface area contributed by atoms with Crippen LogP contribution in [0.3, 0.4) is 0 Å². The molecule has 15 heavy (non-hydrogen) atoms. The van der Waals surface area contributed by atoms with Crippen molar-refractivity contribution in [2.24, 2.45) is 5.73 Å². The molecule has 1 aromatic rings. The number of hydrogen-bond donors (Lipinski definition) is 4. The second-order valence-corrected chi connectivity index (χ2v) is 2.76. The lowest BCUT2D eigenvalue weighted by Crippen LogP contribution is -2.19. The van der Waals surface area contributed by atoms with Crippen LogP contribution in [0.25, 0.3) is 0 Å². The quantitative estimate of drug-likeness (QED) is 0.632. The van der Waals surface area contributed by atoms with Crippen LogP contribution in [0.5, 0.6) is 17.2 Å². The van der Waals surface area contributed by atoms with Crippen LogP contribution in [-0.4, -0.2) is 21.7 Å². The van der Waals surface area contributed by atoms with E-state index in [1.807, 2.05) is 0 Å². The SMILES string of the molecule is Cl.N[C@@H](c1c(O)cc(O)cc1O)C(F)F. The third-order valence-corrected chi connectivity index (χ3v) is 1.73. The van der Waals surface area contributed by atoms with Gasteiger partial charge in [0, 0.05) is 12.1 Å². The van der Waals surface area contributed by atoms with E-state index in [0.29, 0.717) is 0 Å². The van der Waals surface area contributed by atoms with Crippen molar-refractivity contribution in [2.45, 2.75) is 12.5 Å². The summed E-state index contributed by atoms with van der Waals surface area (Å²) in [5.41, 5.74) is 4.56. The molecule has 86 valence electrons. The van der Waals surface area contributed by atoms with E-state index in [-0.39, 0.29) is 12.4 Å². The fourth-order valence-electron chi connectivity index (χ4n) is 1.08. The summed E-state index contributed by atoms with van der Waals surface area (Å²) in [4.78, 5) is 0. The van der Waals surface area contributed by atoms with Gasteiger partial charge in [0.1, 0.15) is 17.2 Å². The van der Waals surface area contributed by atoms with Gasteiger partial charge in [0.25, 0.3) is 6.43 Å². The van der Waals surface area contributed by atoms with Gasteiger partial charge in [-0.3, -0.25) is 0 Å². The summed E-state index contributed by atoms with van der Waals surface area (Å²) in [6.45, 7) is 0. The van der Waals surface area contributed by atoms with Crippen molar-refractivity contribution in [1.82, 2.24) is 0 Å². The highest BCUT2D eigenvalue weighted by Crippen LogP contribution is 2.37. The molecule has 0 aliphatic rings. The van der Waals surface area contributed by atoms with Gasteiger partial charge >= 0.3 is 0 Å². The van der Waals surface area contributed by atoms with Gasteiger partial charge in [-0.2, -0.15) is 0 Å². The summed E-state index contributed by atoms with van der Waals surface area (Å²) in [6.07, 6.45) is -2.91. The van der Waals surface area contributed by atoms with Gasteiger partial charge in [-0.15, -0.1) is 12.4 Å². The van der Waals surface area contributed by atoms with Gasteiger partial charge < -0.3 is 21.1 Å². The van der Waals surface area contributed by atoms with E-state index >= 15 is 0 Å². The normalized spacial score (nSPS) is 12.3. The van der Waals surface area contributed by atoms with E-state index in [1.54, 1.807) is 0 Å². The Kier molecular flexibility index (Phi) is 4.57. The predicted octanol–water partition coefficient (Wildman–Crippen LogP) is 1.49. The number of halogens is 3. The molecule has 0 aliphatic carbocycles. The Bertz CT molecular complexity index is 326. The van der Waals surface area contributed by atoms with Crippen LogP contribution in [0, 0.1) is 0 Å². The molecule has 0 aromatic heterocycles. The minimum atomic E-state index is -2.91. The lowest BCUT2D eigenvalue weighted by Gasteiger charge is -2.14. The fraction of sp³-hybridized carbons (Fsp3) is 0.250. The van der Waals surface area contributed by atoms with Crippen LogP contribution in [0.15, 0.2) is 12.1 Å². The Balaban J connectivity index is 0.00000196. The molecule has 0 saturated carbocycles. The first-order valence-electron chi connectivity index (χ1n) is 3.72. The first-order chi connectivity index (χ1) is 6.43. The highest BCUT2D eigenvalue weighted by Gasteiger charge is 2.24. The third-order valence-electron chi connectivity index (χ3n) is 1.73. The molecule has 5 N–H and O–H groups in total. The van der Waals surface area contributed by atoms with Gasteiger partial charge in [0.05, 0.1) is 11.6 Å². The van der Waals surface area contributed by atoms with Crippen LogP contribution in [0.1, 0.15) is 11.6 Å². The molecule has 0 spiro atoms. The molecule has 1 aromatic carbocycles. The molecule has 0 bridgehead atoms. The molecule has 0 amide bonds. The zero-order valence-corrected chi connectivity index (χ0v) is 8.21. The van der Waals surface area contributed by atoms with Gasteiger partial charge in [-0.1, -0.05) is 0 Å². The van der Waals surface area contributed by atoms with Gasteiger partial charge in [-0.05, 0) is 0 Å². The number of phenolic OH excluding ortho intramolecular Hbond substituents is 3. The first-order valence-corrected chi connectivity index (χ1v) is 3.72. The number of phenols is 3. The van der Waals surface area contributed by atoms with Crippen LogP contribution >= 0.6 is 12.4 Å². The number of benzene rings is 1. The number of nitrogens with two attached hydrogens (primary N) is 1. The first kappa shape index (κ1) is 13.7. The summed E-state index contributed by atoms with van der Waals surface area (Å²) in [7, 11) is 0. The smallest absolute Gasteiger partial charge is 0.257 e. The summed E-state index contributed by atoms with van der Waals surface area (Å²) in [6, 6.07) is -0.121. The number of rotatable bonds is 2. The van der Waals surface area contributed by atoms with Gasteiger partial charge in [-0.25, -0.2) is 8.78 Å². The molecule has 0 aliphatic heterocycles. The van der Waals surface area contributed by atoms with Crippen molar-refractivity contribution >= 4 is 12.4 Å². The lowest BCUT2D eigenvalue weighted by molar-refractivity contribution is 0.114. The van der Waals surface area contributed by atoms with Crippen LogP contribution in [0.4, 0.5) is 8.78 Å². The molecule has 0 saturated heterocycles. The number of aromatic hydroxyl groups is 3. The monoisotopic (exact) mass is 241 g/mol. The fourth-order valence-corrected chi connectivity index (χ4v) is 1.08. The molecule has 7 heteroatoms. The van der Waals surface area contributed by atoms with Crippen LogP contribution in [0.2, 0.25) is 0 Å². The topological polar surface area (TPSA) is 86.7 Å². The number of hydrogen-bond acceptors (Lipinski definition) is 4. The van der Waals surface area contributed by atoms with Crippen molar-refractivity contribution in [3.63, 3.8) is 0 Å². The van der Waals surface area contributed by atoms with Crippen molar-refractivity contribution < 1.29 is 24.1 Å². The Labute approximate surface area is 90.4 Å². The Hall–Kier alpha value is -1.27.